The lowest BCUT2D eigenvalue weighted by molar-refractivity contribution is -0.137. The van der Waals surface area contributed by atoms with Crippen LogP contribution in [0.4, 0.5) is 0 Å². The molecule has 0 saturated heterocycles. The van der Waals surface area contributed by atoms with E-state index in [2.05, 4.69) is 0 Å². The first-order chi connectivity index (χ1) is 10.5. The average Bonchev–Trinajstić information content (AvgIpc) is 2.48. The lowest BCUT2D eigenvalue weighted by Gasteiger charge is -2.04. The second-order valence-electron chi connectivity index (χ2n) is 4.87. The lowest BCUT2D eigenvalue weighted by atomic mass is 10.1. The quantitative estimate of drug-likeness (QED) is 0.886. The zero-order valence-corrected chi connectivity index (χ0v) is 12.7. The van der Waals surface area contributed by atoms with Crippen LogP contribution in [0.1, 0.15) is 24.0 Å². The molecule has 22 heavy (non-hydrogen) atoms. The van der Waals surface area contributed by atoms with E-state index in [1.165, 1.54) is 10.6 Å². The Morgan fingerprint density at radius 3 is 2.45 bits per heavy atom. The van der Waals surface area contributed by atoms with Gasteiger partial charge in [-0.25, -0.2) is 0 Å². The number of hydrogen-bond donors (Lipinski definition) is 1. The maximum atomic E-state index is 11.9. The fourth-order valence-electron chi connectivity index (χ4n) is 1.98. The highest BCUT2D eigenvalue weighted by molar-refractivity contribution is 6.30. The maximum absolute atomic E-state index is 11.9. The van der Waals surface area contributed by atoms with Crippen molar-refractivity contribution in [3.8, 4) is 0 Å². The van der Waals surface area contributed by atoms with Gasteiger partial charge in [0.25, 0.3) is 5.56 Å². The van der Waals surface area contributed by atoms with E-state index in [9.17, 15) is 9.59 Å². The predicted octanol–water partition coefficient (Wildman–Crippen LogP) is 3.54. The van der Waals surface area contributed by atoms with Gasteiger partial charge in [-0.1, -0.05) is 35.9 Å². The molecule has 5 heteroatoms. The number of rotatable bonds is 6. The summed E-state index contributed by atoms with van der Waals surface area (Å²) in [6.07, 6.45) is 5.94. The first kappa shape index (κ1) is 16.0. The van der Waals surface area contributed by atoms with Crippen molar-refractivity contribution in [2.24, 2.45) is 0 Å². The Hall–Kier alpha value is -2.33. The van der Waals surface area contributed by atoms with Crippen LogP contribution in [-0.2, 0) is 11.3 Å². The van der Waals surface area contributed by atoms with Crippen LogP contribution < -0.4 is 5.56 Å². The molecule has 0 radical (unpaired) electrons. The first-order valence-electron chi connectivity index (χ1n) is 6.90. The molecular weight excluding hydrogens is 302 g/mol. The summed E-state index contributed by atoms with van der Waals surface area (Å²) in [6, 6.07) is 10.8. The van der Waals surface area contributed by atoms with E-state index < -0.39 is 5.97 Å². The molecule has 0 fully saturated rings. The monoisotopic (exact) mass is 317 g/mol. The molecule has 0 aliphatic heterocycles. The van der Waals surface area contributed by atoms with Gasteiger partial charge in [0.05, 0.1) is 0 Å². The third kappa shape index (κ3) is 4.90. The SMILES string of the molecule is O=C(O)CCCn1ccc(/C=C/c2ccc(Cl)cc2)cc1=O. The van der Waals surface area contributed by atoms with Crippen LogP contribution in [0.15, 0.2) is 47.4 Å². The number of hydrogen-bond acceptors (Lipinski definition) is 2. The summed E-state index contributed by atoms with van der Waals surface area (Å²) in [5.74, 6) is -0.851. The van der Waals surface area contributed by atoms with Gasteiger partial charge in [0, 0.05) is 30.3 Å². The Morgan fingerprint density at radius 2 is 1.82 bits per heavy atom. The van der Waals surface area contributed by atoms with Crippen molar-refractivity contribution >= 4 is 29.7 Å². The molecule has 0 amide bonds. The van der Waals surface area contributed by atoms with Gasteiger partial charge in [-0.2, -0.15) is 0 Å². The van der Waals surface area contributed by atoms with E-state index in [0.717, 1.165) is 11.1 Å². The Balaban J connectivity index is 2.04. The topological polar surface area (TPSA) is 59.3 Å². The number of carbonyl (C=O) groups is 1. The molecule has 2 aromatic rings. The minimum Gasteiger partial charge on any atom is -0.481 e. The molecule has 1 aromatic carbocycles. The average molecular weight is 318 g/mol. The number of aryl methyl sites for hydroxylation is 1. The van der Waals surface area contributed by atoms with Gasteiger partial charge in [-0.15, -0.1) is 0 Å². The number of benzene rings is 1. The molecule has 0 aliphatic rings. The highest BCUT2D eigenvalue weighted by Crippen LogP contribution is 2.12. The van der Waals surface area contributed by atoms with Crippen molar-refractivity contribution in [3.63, 3.8) is 0 Å². The third-order valence-electron chi connectivity index (χ3n) is 3.15. The van der Waals surface area contributed by atoms with Crippen molar-refractivity contribution in [2.75, 3.05) is 0 Å². The molecule has 0 atom stereocenters. The van der Waals surface area contributed by atoms with E-state index in [0.29, 0.717) is 18.0 Å². The van der Waals surface area contributed by atoms with Crippen LogP contribution in [0.2, 0.25) is 5.02 Å². The lowest BCUT2D eigenvalue weighted by Crippen LogP contribution is -2.19. The molecule has 1 aromatic heterocycles. The zero-order chi connectivity index (χ0) is 15.9. The second-order valence-corrected chi connectivity index (χ2v) is 5.31. The zero-order valence-electron chi connectivity index (χ0n) is 11.9. The highest BCUT2D eigenvalue weighted by Gasteiger charge is 2.00. The Labute approximate surface area is 133 Å². The van der Waals surface area contributed by atoms with Crippen LogP contribution in [0.25, 0.3) is 12.2 Å². The van der Waals surface area contributed by atoms with Crippen LogP contribution in [-0.4, -0.2) is 15.6 Å². The number of nitrogens with zero attached hydrogens (tertiary/aromatic N) is 1. The highest BCUT2D eigenvalue weighted by atomic mass is 35.5. The molecule has 0 bridgehead atoms. The van der Waals surface area contributed by atoms with Crippen molar-refractivity contribution in [1.82, 2.24) is 4.57 Å². The smallest absolute Gasteiger partial charge is 0.303 e. The Kier molecular flexibility index (Phi) is 5.55. The largest absolute Gasteiger partial charge is 0.481 e. The minimum absolute atomic E-state index is 0.0602. The van der Waals surface area contributed by atoms with E-state index in [4.69, 9.17) is 16.7 Å². The summed E-state index contributed by atoms with van der Waals surface area (Å²) in [5.41, 5.74) is 1.66. The van der Waals surface area contributed by atoms with Crippen molar-refractivity contribution in [2.45, 2.75) is 19.4 Å². The normalized spacial score (nSPS) is 11.0. The summed E-state index contributed by atoms with van der Waals surface area (Å²) >= 11 is 5.82. The van der Waals surface area contributed by atoms with Gasteiger partial charge in [-0.05, 0) is 35.7 Å². The van der Waals surface area contributed by atoms with Crippen molar-refractivity contribution in [3.05, 3.63) is 69.1 Å². The van der Waals surface area contributed by atoms with Crippen molar-refractivity contribution in [1.29, 1.82) is 0 Å². The van der Waals surface area contributed by atoms with E-state index in [1.807, 2.05) is 42.5 Å². The molecule has 0 spiro atoms. The fraction of sp³-hybridized carbons (Fsp3) is 0.176. The molecule has 1 heterocycles. The molecular formula is C17H16ClNO3. The summed E-state index contributed by atoms with van der Waals surface area (Å²) in [4.78, 5) is 22.4. The van der Waals surface area contributed by atoms with Gasteiger partial charge in [0.2, 0.25) is 0 Å². The van der Waals surface area contributed by atoms with E-state index >= 15 is 0 Å². The van der Waals surface area contributed by atoms with Crippen LogP contribution in [0.5, 0.6) is 0 Å². The molecule has 0 saturated carbocycles. The van der Waals surface area contributed by atoms with E-state index in [-0.39, 0.29) is 12.0 Å². The molecule has 114 valence electrons. The summed E-state index contributed by atoms with van der Waals surface area (Å²) in [5, 5.41) is 9.28. The molecule has 1 N–H and O–H groups in total. The Morgan fingerprint density at radius 1 is 1.14 bits per heavy atom. The van der Waals surface area contributed by atoms with Crippen LogP contribution >= 0.6 is 11.6 Å². The number of carboxylic acids is 1. The molecule has 0 aliphatic carbocycles. The fourth-order valence-corrected chi connectivity index (χ4v) is 2.10. The van der Waals surface area contributed by atoms with Gasteiger partial charge in [0.15, 0.2) is 0 Å². The van der Waals surface area contributed by atoms with Gasteiger partial charge < -0.3 is 9.67 Å². The summed E-state index contributed by atoms with van der Waals surface area (Å²) in [6.45, 7) is 0.409. The first-order valence-corrected chi connectivity index (χ1v) is 7.28. The standard InChI is InChI=1S/C17H16ClNO3/c18-15-7-5-13(6-8-15)3-4-14-9-11-19(16(20)12-14)10-1-2-17(21)22/h3-9,11-12H,1-2,10H2,(H,21,22)/b4-3+. The van der Waals surface area contributed by atoms with E-state index in [1.54, 1.807) is 6.20 Å². The predicted molar refractivity (Wildman–Crippen MR) is 88.0 cm³/mol. The number of carboxylic acid groups (broad SMARTS) is 1. The maximum Gasteiger partial charge on any atom is 0.303 e. The van der Waals surface area contributed by atoms with Crippen LogP contribution in [0.3, 0.4) is 0 Å². The summed E-state index contributed by atoms with van der Waals surface area (Å²) in [7, 11) is 0. The molecule has 0 unspecified atom stereocenters. The number of pyridine rings is 1. The second kappa shape index (κ2) is 7.61. The third-order valence-corrected chi connectivity index (χ3v) is 3.40. The summed E-state index contributed by atoms with van der Waals surface area (Å²) < 4.78 is 1.52. The molecule has 2 rings (SSSR count). The Bertz CT molecular complexity index is 732. The van der Waals surface area contributed by atoms with Gasteiger partial charge >= 0.3 is 5.97 Å². The van der Waals surface area contributed by atoms with Gasteiger partial charge in [-0.3, -0.25) is 9.59 Å². The van der Waals surface area contributed by atoms with Crippen LogP contribution in [0, 0.1) is 0 Å². The number of aliphatic carboxylic acids is 1. The number of aromatic nitrogens is 1. The molecule has 4 nitrogen and oxygen atoms in total. The number of halogens is 1. The minimum atomic E-state index is -0.851. The van der Waals surface area contributed by atoms with Crippen molar-refractivity contribution < 1.29 is 9.90 Å². The van der Waals surface area contributed by atoms with Gasteiger partial charge in [0.1, 0.15) is 0 Å².